The minimum absolute atomic E-state index is 0.278. The van der Waals surface area contributed by atoms with Crippen LogP contribution in [0, 0.1) is 29.6 Å². The maximum absolute atomic E-state index is 14.6. The summed E-state index contributed by atoms with van der Waals surface area (Å²) < 4.78 is 99.9. The van der Waals surface area contributed by atoms with Crippen LogP contribution >= 0.6 is 0 Å². The molecule has 0 aliphatic heterocycles. The van der Waals surface area contributed by atoms with Crippen LogP contribution in [0.5, 0.6) is 0 Å². The molecule has 0 aromatic rings. The molecule has 3 fully saturated rings. The molecule has 3 aliphatic carbocycles. The zero-order valence-electron chi connectivity index (χ0n) is 16.7. The highest BCUT2D eigenvalue weighted by molar-refractivity contribution is 4.92. The van der Waals surface area contributed by atoms with Gasteiger partial charge in [-0.05, 0) is 56.3 Å². The minimum atomic E-state index is -5.03. The molecule has 0 N–H and O–H groups in total. The van der Waals surface area contributed by atoms with Gasteiger partial charge in [0.2, 0.25) is 0 Å². The van der Waals surface area contributed by atoms with Gasteiger partial charge in [0, 0.05) is 12.8 Å². The quantitative estimate of drug-likeness (QED) is 0.425. The molecule has 170 valence electrons. The van der Waals surface area contributed by atoms with Gasteiger partial charge in [-0.15, -0.1) is 0 Å². The maximum atomic E-state index is 14.6. The molecule has 29 heavy (non-hydrogen) atoms. The number of rotatable bonds is 4. The van der Waals surface area contributed by atoms with Gasteiger partial charge in [-0.25, -0.2) is 8.78 Å². The number of hydrogen-bond donors (Lipinski definition) is 0. The molecule has 0 heterocycles. The van der Waals surface area contributed by atoms with Crippen molar-refractivity contribution < 1.29 is 35.5 Å². The Kier molecular flexibility index (Phi) is 7.11. The third kappa shape index (κ3) is 5.59. The van der Waals surface area contributed by atoms with Gasteiger partial charge in [-0.1, -0.05) is 19.8 Å². The molecule has 3 aliphatic rings. The lowest BCUT2D eigenvalue weighted by atomic mass is 9.69. The third-order valence-corrected chi connectivity index (χ3v) is 7.43. The second kappa shape index (κ2) is 8.91. The highest BCUT2D eigenvalue weighted by Crippen LogP contribution is 2.47. The van der Waals surface area contributed by atoms with Crippen molar-refractivity contribution in [2.45, 2.75) is 102 Å². The van der Waals surface area contributed by atoms with E-state index in [0.717, 1.165) is 18.8 Å². The summed E-state index contributed by atoms with van der Waals surface area (Å²) in [5, 5.41) is 0. The van der Waals surface area contributed by atoms with Gasteiger partial charge in [0.15, 0.2) is 0 Å². The predicted molar refractivity (Wildman–Crippen MR) is 95.0 cm³/mol. The van der Waals surface area contributed by atoms with E-state index in [2.05, 4.69) is 6.92 Å². The van der Waals surface area contributed by atoms with E-state index in [9.17, 15) is 30.7 Å². The van der Waals surface area contributed by atoms with E-state index in [4.69, 9.17) is 4.74 Å². The molecule has 0 radical (unpaired) electrons. The lowest BCUT2D eigenvalue weighted by molar-refractivity contribution is -0.312. The Hall–Kier alpha value is -0.530. The lowest BCUT2D eigenvalue weighted by Gasteiger charge is -2.41. The van der Waals surface area contributed by atoms with E-state index in [0.29, 0.717) is 24.7 Å². The van der Waals surface area contributed by atoms with Crippen LogP contribution in [0.15, 0.2) is 0 Å². The fraction of sp³-hybridized carbons (Fsp3) is 1.00. The first kappa shape index (κ1) is 23.1. The monoisotopic (exact) mass is 432 g/mol. The van der Waals surface area contributed by atoms with Crippen molar-refractivity contribution in [1.82, 2.24) is 0 Å². The molecule has 0 bridgehead atoms. The molecule has 0 aromatic heterocycles. The van der Waals surface area contributed by atoms with Crippen molar-refractivity contribution in [3.05, 3.63) is 0 Å². The Bertz CT molecular complexity index is 510. The van der Waals surface area contributed by atoms with E-state index >= 15 is 0 Å². The van der Waals surface area contributed by atoms with Crippen LogP contribution in [0.2, 0.25) is 0 Å². The Morgan fingerprint density at radius 3 is 1.59 bits per heavy atom. The SMILES string of the molecule is CC1CCC(C2CCC(C(F)(F)OC3CC(F)C(C(F)(F)F)C(F)C3)CC2)CC1. The minimum Gasteiger partial charge on any atom is -0.317 e. The normalized spacial score (nSPS) is 42.6. The van der Waals surface area contributed by atoms with Crippen molar-refractivity contribution in [2.24, 2.45) is 29.6 Å². The summed E-state index contributed by atoms with van der Waals surface area (Å²) in [5.74, 6) is -2.06. The largest absolute Gasteiger partial charge is 0.397 e. The molecule has 3 rings (SSSR count). The molecular formula is C21H31F7O. The van der Waals surface area contributed by atoms with Crippen LogP contribution in [0.4, 0.5) is 30.7 Å². The molecule has 0 amide bonds. The average molecular weight is 432 g/mol. The van der Waals surface area contributed by atoms with E-state index < -0.39 is 55.4 Å². The Balaban J connectivity index is 1.50. The summed E-state index contributed by atoms with van der Waals surface area (Å²) in [7, 11) is 0. The van der Waals surface area contributed by atoms with Crippen molar-refractivity contribution in [3.8, 4) is 0 Å². The molecule has 3 saturated carbocycles. The van der Waals surface area contributed by atoms with Gasteiger partial charge in [-0.3, -0.25) is 0 Å². The summed E-state index contributed by atoms with van der Waals surface area (Å²) in [6.07, 6.45) is -10.4. The fourth-order valence-corrected chi connectivity index (χ4v) is 5.63. The highest BCUT2D eigenvalue weighted by atomic mass is 19.4. The number of ether oxygens (including phenoxy) is 1. The first-order valence-electron chi connectivity index (χ1n) is 10.9. The van der Waals surface area contributed by atoms with Crippen LogP contribution in [0.3, 0.4) is 0 Å². The Labute approximate surface area is 167 Å². The molecule has 0 saturated heterocycles. The maximum Gasteiger partial charge on any atom is 0.397 e. The fourth-order valence-electron chi connectivity index (χ4n) is 5.63. The Morgan fingerprint density at radius 2 is 1.14 bits per heavy atom. The van der Waals surface area contributed by atoms with E-state index in [1.165, 1.54) is 12.8 Å². The van der Waals surface area contributed by atoms with Gasteiger partial charge in [-0.2, -0.15) is 22.0 Å². The first-order valence-corrected chi connectivity index (χ1v) is 10.9. The van der Waals surface area contributed by atoms with Gasteiger partial charge < -0.3 is 4.74 Å². The zero-order chi connectivity index (χ0) is 21.4. The molecule has 2 atom stereocenters. The van der Waals surface area contributed by atoms with Crippen LogP contribution in [0.25, 0.3) is 0 Å². The first-order chi connectivity index (χ1) is 13.5. The molecule has 0 aromatic carbocycles. The lowest BCUT2D eigenvalue weighted by Crippen LogP contribution is -2.49. The summed E-state index contributed by atoms with van der Waals surface area (Å²) >= 11 is 0. The number of alkyl halides is 7. The van der Waals surface area contributed by atoms with Gasteiger partial charge in [0.1, 0.15) is 18.3 Å². The molecular weight excluding hydrogens is 401 g/mol. The standard InChI is InChI=1S/C21H31F7O/c1-12-2-4-13(5-3-12)14-6-8-15(9-7-14)21(27,28)29-16-10-17(22)19(18(23)11-16)20(24,25)26/h12-19H,2-11H2,1H3. The van der Waals surface area contributed by atoms with Crippen LogP contribution in [-0.4, -0.2) is 30.7 Å². The smallest absolute Gasteiger partial charge is 0.317 e. The number of hydrogen-bond acceptors (Lipinski definition) is 1. The molecule has 1 nitrogen and oxygen atoms in total. The van der Waals surface area contributed by atoms with E-state index in [-0.39, 0.29) is 12.8 Å². The molecule has 0 spiro atoms. The van der Waals surface area contributed by atoms with Gasteiger partial charge in [0.05, 0.1) is 12.0 Å². The molecule has 8 heteroatoms. The van der Waals surface area contributed by atoms with Gasteiger partial charge >= 0.3 is 12.3 Å². The second-order valence-electron chi connectivity index (χ2n) is 9.50. The van der Waals surface area contributed by atoms with Crippen LogP contribution in [0.1, 0.15) is 71.1 Å². The molecule has 2 unspecified atom stereocenters. The number of halogens is 7. The van der Waals surface area contributed by atoms with Crippen molar-refractivity contribution in [1.29, 1.82) is 0 Å². The Morgan fingerprint density at radius 1 is 0.690 bits per heavy atom. The summed E-state index contributed by atoms with van der Waals surface area (Å²) in [4.78, 5) is 0. The van der Waals surface area contributed by atoms with Crippen molar-refractivity contribution >= 4 is 0 Å². The summed E-state index contributed by atoms with van der Waals surface area (Å²) in [6.45, 7) is 2.23. The van der Waals surface area contributed by atoms with Crippen LogP contribution in [-0.2, 0) is 4.74 Å². The average Bonchev–Trinajstić information content (AvgIpc) is 2.60. The van der Waals surface area contributed by atoms with Crippen molar-refractivity contribution in [2.75, 3.05) is 0 Å². The summed E-state index contributed by atoms with van der Waals surface area (Å²) in [6, 6.07) is 0. The van der Waals surface area contributed by atoms with Crippen LogP contribution < -0.4 is 0 Å². The van der Waals surface area contributed by atoms with Gasteiger partial charge in [0.25, 0.3) is 0 Å². The topological polar surface area (TPSA) is 9.23 Å². The second-order valence-corrected chi connectivity index (χ2v) is 9.50. The van der Waals surface area contributed by atoms with E-state index in [1.807, 2.05) is 0 Å². The third-order valence-electron chi connectivity index (χ3n) is 7.43. The van der Waals surface area contributed by atoms with Crippen molar-refractivity contribution in [3.63, 3.8) is 0 Å². The highest BCUT2D eigenvalue weighted by Gasteiger charge is 2.55. The summed E-state index contributed by atoms with van der Waals surface area (Å²) in [5.41, 5.74) is 0. The zero-order valence-corrected chi connectivity index (χ0v) is 16.7. The predicted octanol–water partition coefficient (Wildman–Crippen LogP) is 7.25. The van der Waals surface area contributed by atoms with E-state index in [1.54, 1.807) is 0 Å².